The topological polar surface area (TPSA) is 17.1 Å². The van der Waals surface area contributed by atoms with Crippen LogP contribution in [0.1, 0.15) is 93.3 Å². The number of hydrogen-bond acceptors (Lipinski definition) is 1. The second-order valence-corrected chi connectivity index (χ2v) is 7.69. The summed E-state index contributed by atoms with van der Waals surface area (Å²) in [5.41, 5.74) is 4.68. The van der Waals surface area contributed by atoms with Crippen LogP contribution >= 0.6 is 9.24 Å². The lowest BCUT2D eigenvalue weighted by Crippen LogP contribution is -2.17. The zero-order valence-corrected chi connectivity index (χ0v) is 15.1. The summed E-state index contributed by atoms with van der Waals surface area (Å²) >= 11 is 0. The van der Waals surface area contributed by atoms with Crippen LogP contribution in [0.2, 0.25) is 0 Å². The van der Waals surface area contributed by atoms with Gasteiger partial charge >= 0.3 is 0 Å². The molecule has 0 aromatic heterocycles. The second-order valence-electron chi connectivity index (χ2n) is 6.69. The molecule has 1 rings (SSSR count). The molecule has 20 heavy (non-hydrogen) atoms. The Morgan fingerprint density at radius 3 is 1.50 bits per heavy atom. The van der Waals surface area contributed by atoms with Gasteiger partial charge in [-0.2, -0.15) is 0 Å². The Balaban J connectivity index is 3.64. The molecule has 0 N–H and O–H groups in total. The Labute approximate surface area is 126 Å². The smallest absolute Gasteiger partial charge is 0.169 e. The number of benzene rings is 1. The fourth-order valence-corrected chi connectivity index (χ4v) is 2.63. The van der Waals surface area contributed by atoms with E-state index in [9.17, 15) is 4.79 Å². The van der Waals surface area contributed by atoms with Gasteiger partial charge in [0.15, 0.2) is 5.78 Å². The van der Waals surface area contributed by atoms with E-state index in [0.717, 1.165) is 5.56 Å². The molecule has 0 aliphatic rings. The van der Waals surface area contributed by atoms with Crippen molar-refractivity contribution < 1.29 is 4.79 Å². The molecule has 0 heterocycles. The lowest BCUT2D eigenvalue weighted by atomic mass is 9.82. The van der Waals surface area contributed by atoms with Crippen molar-refractivity contribution in [1.29, 1.82) is 0 Å². The van der Waals surface area contributed by atoms with Gasteiger partial charge in [-0.1, -0.05) is 60.6 Å². The predicted octanol–water partition coefficient (Wildman–Crippen LogP) is 5.50. The van der Waals surface area contributed by atoms with E-state index in [4.69, 9.17) is 0 Å². The molecule has 0 amide bonds. The number of carbonyl (C=O) groups excluding carboxylic acids is 1. The SMILES string of the molecule is CC(P)C(=O)c1c(C(C)C)cc(C(C)C)cc1C(C)C. The Hall–Kier alpha value is -0.680. The molecule has 2 atom stereocenters. The monoisotopic (exact) mass is 292 g/mol. The molecule has 1 nitrogen and oxygen atoms in total. The van der Waals surface area contributed by atoms with Crippen molar-refractivity contribution in [3.05, 3.63) is 34.4 Å². The fourth-order valence-electron chi connectivity index (χ4n) is 2.47. The molecule has 2 unspecified atom stereocenters. The molecule has 0 saturated heterocycles. The minimum absolute atomic E-state index is 0.0325. The van der Waals surface area contributed by atoms with Crippen LogP contribution in [-0.4, -0.2) is 11.4 Å². The van der Waals surface area contributed by atoms with Gasteiger partial charge in [0.2, 0.25) is 0 Å². The zero-order valence-electron chi connectivity index (χ0n) is 13.9. The summed E-state index contributed by atoms with van der Waals surface area (Å²) in [5, 5.41) is 0. The van der Waals surface area contributed by atoms with E-state index in [2.05, 4.69) is 62.9 Å². The van der Waals surface area contributed by atoms with Crippen molar-refractivity contribution in [3.8, 4) is 0 Å². The average molecular weight is 292 g/mol. The molecular weight excluding hydrogens is 263 g/mol. The average Bonchev–Trinajstić information content (AvgIpc) is 2.35. The van der Waals surface area contributed by atoms with Gasteiger partial charge in [-0.15, -0.1) is 9.24 Å². The lowest BCUT2D eigenvalue weighted by Gasteiger charge is -2.23. The first-order valence-electron chi connectivity index (χ1n) is 7.64. The van der Waals surface area contributed by atoms with E-state index >= 15 is 0 Å². The summed E-state index contributed by atoms with van der Waals surface area (Å²) in [6.45, 7) is 15.1. The number of rotatable bonds is 5. The second kappa shape index (κ2) is 6.85. The zero-order chi connectivity index (χ0) is 15.6. The quantitative estimate of drug-likeness (QED) is 0.517. The molecule has 0 radical (unpaired) electrons. The molecule has 0 aliphatic carbocycles. The number of carbonyl (C=O) groups is 1. The predicted molar refractivity (Wildman–Crippen MR) is 92.2 cm³/mol. The normalized spacial score (nSPS) is 13.3. The van der Waals surface area contributed by atoms with Crippen molar-refractivity contribution in [1.82, 2.24) is 0 Å². The van der Waals surface area contributed by atoms with Gasteiger partial charge in [-0.25, -0.2) is 0 Å². The molecule has 0 saturated carbocycles. The van der Waals surface area contributed by atoms with Crippen LogP contribution in [0.25, 0.3) is 0 Å². The maximum absolute atomic E-state index is 12.7. The first-order valence-corrected chi connectivity index (χ1v) is 8.30. The molecule has 0 aliphatic heterocycles. The van der Waals surface area contributed by atoms with Crippen molar-refractivity contribution in [2.45, 2.75) is 71.9 Å². The van der Waals surface area contributed by atoms with Crippen LogP contribution in [0.5, 0.6) is 0 Å². The summed E-state index contributed by atoms with van der Waals surface area (Å²) in [6.07, 6.45) is 0. The van der Waals surface area contributed by atoms with Crippen LogP contribution in [0, 0.1) is 0 Å². The summed E-state index contributed by atoms with van der Waals surface area (Å²) in [4.78, 5) is 12.7. The van der Waals surface area contributed by atoms with E-state index < -0.39 is 0 Å². The summed E-state index contributed by atoms with van der Waals surface area (Å²) in [6, 6.07) is 4.48. The van der Waals surface area contributed by atoms with Gasteiger partial charge in [0.05, 0.1) is 0 Å². The molecule has 0 bridgehead atoms. The molecule has 0 fully saturated rings. The summed E-state index contributed by atoms with van der Waals surface area (Å²) in [5.74, 6) is 1.48. The number of ketones is 1. The van der Waals surface area contributed by atoms with Crippen molar-refractivity contribution in [2.75, 3.05) is 0 Å². The Morgan fingerprint density at radius 2 is 1.25 bits per heavy atom. The van der Waals surface area contributed by atoms with Gasteiger partial charge < -0.3 is 0 Å². The third kappa shape index (κ3) is 3.70. The van der Waals surface area contributed by atoms with Gasteiger partial charge in [0.1, 0.15) is 0 Å². The molecule has 1 aromatic carbocycles. The molecule has 0 spiro atoms. The van der Waals surface area contributed by atoms with Crippen LogP contribution in [0.3, 0.4) is 0 Å². The highest BCUT2D eigenvalue weighted by Gasteiger charge is 2.23. The summed E-state index contributed by atoms with van der Waals surface area (Å²) in [7, 11) is 2.64. The van der Waals surface area contributed by atoms with Crippen molar-refractivity contribution in [3.63, 3.8) is 0 Å². The fraction of sp³-hybridized carbons (Fsp3) is 0.611. The van der Waals surface area contributed by atoms with Crippen LogP contribution < -0.4 is 0 Å². The van der Waals surface area contributed by atoms with Crippen molar-refractivity contribution in [2.24, 2.45) is 0 Å². The highest BCUT2D eigenvalue weighted by molar-refractivity contribution is 7.19. The Kier molecular flexibility index (Phi) is 5.95. The largest absolute Gasteiger partial charge is 0.293 e. The molecule has 2 heteroatoms. The highest BCUT2D eigenvalue weighted by atomic mass is 31.0. The maximum atomic E-state index is 12.7. The van der Waals surface area contributed by atoms with Crippen molar-refractivity contribution >= 4 is 15.0 Å². The van der Waals surface area contributed by atoms with E-state index in [1.54, 1.807) is 0 Å². The van der Waals surface area contributed by atoms with Gasteiger partial charge in [-0.05, 0) is 34.4 Å². The van der Waals surface area contributed by atoms with E-state index in [1.165, 1.54) is 16.7 Å². The molecular formula is C18H29OP. The van der Waals surface area contributed by atoms with Gasteiger partial charge in [0, 0.05) is 11.2 Å². The number of Topliss-reactive ketones (excluding diaryl/α,β-unsaturated/α-hetero) is 1. The maximum Gasteiger partial charge on any atom is 0.169 e. The highest BCUT2D eigenvalue weighted by Crippen LogP contribution is 2.33. The van der Waals surface area contributed by atoms with E-state index in [0.29, 0.717) is 17.8 Å². The molecule has 112 valence electrons. The molecule has 1 aromatic rings. The van der Waals surface area contributed by atoms with Crippen LogP contribution in [-0.2, 0) is 0 Å². The van der Waals surface area contributed by atoms with Crippen LogP contribution in [0.15, 0.2) is 12.1 Å². The summed E-state index contributed by atoms with van der Waals surface area (Å²) < 4.78 is 0. The Bertz CT molecular complexity index is 455. The van der Waals surface area contributed by atoms with E-state index in [-0.39, 0.29) is 11.4 Å². The van der Waals surface area contributed by atoms with Gasteiger partial charge in [0.25, 0.3) is 0 Å². The standard InChI is InChI=1S/C18H29OP/c1-10(2)14-8-15(11(3)4)17(18(19)13(7)20)16(9-14)12(5)6/h8-13H,20H2,1-7H3. The van der Waals surface area contributed by atoms with Gasteiger partial charge in [-0.3, -0.25) is 4.79 Å². The third-order valence-electron chi connectivity index (χ3n) is 3.79. The minimum atomic E-state index is -0.0325. The third-order valence-corrected chi connectivity index (χ3v) is 4.10. The van der Waals surface area contributed by atoms with Crippen LogP contribution in [0.4, 0.5) is 0 Å². The first-order chi connectivity index (χ1) is 9.16. The van der Waals surface area contributed by atoms with E-state index in [1.807, 2.05) is 6.92 Å². The minimum Gasteiger partial charge on any atom is -0.293 e. The first kappa shape index (κ1) is 17.4. The Morgan fingerprint density at radius 1 is 0.850 bits per heavy atom. The lowest BCUT2D eigenvalue weighted by molar-refractivity contribution is 0.0991. The number of hydrogen-bond donors (Lipinski definition) is 0.